The minimum Gasteiger partial charge on any atom is -0.269 e. The number of benzene rings is 3. The van der Waals surface area contributed by atoms with Crippen LogP contribution in [0.3, 0.4) is 0 Å². The zero-order chi connectivity index (χ0) is 25.2. The largest absolute Gasteiger partial charge is 0.276 e. The Morgan fingerprint density at radius 3 is 2.19 bits per heavy atom. The molecule has 0 aliphatic rings. The van der Waals surface area contributed by atoms with Crippen molar-refractivity contribution < 1.29 is 9.85 Å². The molecule has 5 aromatic rings. The van der Waals surface area contributed by atoms with Crippen molar-refractivity contribution in [3.8, 4) is 16.9 Å². The van der Waals surface area contributed by atoms with Crippen LogP contribution < -0.4 is 5.56 Å². The fourth-order valence-corrected chi connectivity index (χ4v) is 3.48. The lowest BCUT2D eigenvalue weighted by atomic mass is 10.1. The highest BCUT2D eigenvalue weighted by Crippen LogP contribution is 2.25. The molecule has 0 spiro atoms. The molecule has 0 aliphatic carbocycles. The predicted octanol–water partition coefficient (Wildman–Crippen LogP) is 4.78. The Balaban J connectivity index is 1.71. The van der Waals surface area contributed by atoms with E-state index in [9.17, 15) is 25.0 Å². The molecule has 0 fully saturated rings. The molecule has 2 heterocycles. The summed E-state index contributed by atoms with van der Waals surface area (Å²) in [6.45, 7) is 0. The summed E-state index contributed by atoms with van der Waals surface area (Å²) in [5, 5.41) is 34.7. The average Bonchev–Trinajstić information content (AvgIpc) is 3.27. The molecule has 36 heavy (non-hydrogen) atoms. The Morgan fingerprint density at radius 2 is 1.47 bits per heavy atom. The number of nitro benzene ring substituents is 2. The number of fused-ring (bicyclic) bond motifs is 1. The minimum atomic E-state index is -0.565. The zero-order valence-corrected chi connectivity index (χ0v) is 18.2. The number of nitro groups is 2. The summed E-state index contributed by atoms with van der Waals surface area (Å²) >= 11 is 0. The summed E-state index contributed by atoms with van der Waals surface area (Å²) in [4.78, 5) is 39.0. The average molecular weight is 482 g/mol. The molecule has 0 aliphatic heterocycles. The van der Waals surface area contributed by atoms with Gasteiger partial charge in [0.25, 0.3) is 22.9 Å². The van der Waals surface area contributed by atoms with Crippen molar-refractivity contribution in [2.75, 3.05) is 0 Å². The standard InChI is InChI=1S/C23H14N8O5/c32-21-14-20(15-6-2-1-3-7-15)24-23-28(21)22(26-25-16-8-4-10-18(12-16)30(33)34)27-29(23)17-9-5-11-19(13-17)31(35)36/h1-14H. The van der Waals surface area contributed by atoms with Crippen molar-refractivity contribution in [2.24, 2.45) is 10.2 Å². The number of nitrogens with zero attached hydrogens (tertiary/aromatic N) is 8. The maximum Gasteiger partial charge on any atom is 0.276 e. The summed E-state index contributed by atoms with van der Waals surface area (Å²) in [5.41, 5.74) is 0.633. The third kappa shape index (κ3) is 4.19. The van der Waals surface area contributed by atoms with Gasteiger partial charge in [-0.2, -0.15) is 4.68 Å². The quantitative estimate of drug-likeness (QED) is 0.191. The van der Waals surface area contributed by atoms with Crippen molar-refractivity contribution in [3.63, 3.8) is 0 Å². The van der Waals surface area contributed by atoms with Gasteiger partial charge in [-0.05, 0) is 12.1 Å². The van der Waals surface area contributed by atoms with Crippen molar-refractivity contribution >= 4 is 28.8 Å². The topological polar surface area (TPSA) is 163 Å². The Bertz CT molecular complexity index is 1730. The second-order valence-electron chi connectivity index (χ2n) is 7.45. The molecule has 0 atom stereocenters. The maximum atomic E-state index is 13.1. The molecule has 0 saturated carbocycles. The lowest BCUT2D eigenvalue weighted by Crippen LogP contribution is -2.14. The Hall–Kier alpha value is -5.59. The van der Waals surface area contributed by atoms with Crippen LogP contribution in [0.4, 0.5) is 23.0 Å². The van der Waals surface area contributed by atoms with Gasteiger partial charge in [0.05, 0.1) is 26.9 Å². The Morgan fingerprint density at radius 1 is 0.778 bits per heavy atom. The van der Waals surface area contributed by atoms with Gasteiger partial charge in [0.15, 0.2) is 0 Å². The molecule has 0 unspecified atom stereocenters. The first-order valence-corrected chi connectivity index (χ1v) is 10.4. The van der Waals surface area contributed by atoms with Crippen LogP contribution in [0.5, 0.6) is 0 Å². The summed E-state index contributed by atoms with van der Waals surface area (Å²) in [6.07, 6.45) is 0. The van der Waals surface area contributed by atoms with E-state index >= 15 is 0 Å². The van der Waals surface area contributed by atoms with Crippen LogP contribution in [0, 0.1) is 20.2 Å². The van der Waals surface area contributed by atoms with Gasteiger partial charge in [0.1, 0.15) is 0 Å². The van der Waals surface area contributed by atoms with Crippen LogP contribution in [0.1, 0.15) is 0 Å². The van der Waals surface area contributed by atoms with Gasteiger partial charge in [0, 0.05) is 35.9 Å². The van der Waals surface area contributed by atoms with Gasteiger partial charge in [0.2, 0.25) is 5.78 Å². The molecule has 2 aromatic heterocycles. The highest BCUT2D eigenvalue weighted by molar-refractivity contribution is 5.62. The minimum absolute atomic E-state index is 0.0508. The third-order valence-corrected chi connectivity index (χ3v) is 5.13. The second kappa shape index (κ2) is 8.98. The number of hydrogen-bond acceptors (Lipinski definition) is 9. The van der Waals surface area contributed by atoms with Gasteiger partial charge in [-0.1, -0.05) is 42.5 Å². The predicted molar refractivity (Wildman–Crippen MR) is 128 cm³/mol. The molecule has 0 N–H and O–H groups in total. The van der Waals surface area contributed by atoms with E-state index < -0.39 is 15.4 Å². The summed E-state index contributed by atoms with van der Waals surface area (Å²) in [7, 11) is 0. The van der Waals surface area contributed by atoms with Crippen molar-refractivity contribution in [3.05, 3.63) is 116 Å². The van der Waals surface area contributed by atoms with Gasteiger partial charge >= 0.3 is 0 Å². The highest BCUT2D eigenvalue weighted by Gasteiger charge is 2.18. The molecular weight excluding hydrogens is 468 g/mol. The van der Waals surface area contributed by atoms with Crippen molar-refractivity contribution in [1.29, 1.82) is 0 Å². The Kier molecular flexibility index (Phi) is 5.54. The molecule has 0 radical (unpaired) electrons. The van der Waals surface area contributed by atoms with Crippen LogP contribution >= 0.6 is 0 Å². The van der Waals surface area contributed by atoms with E-state index in [1.807, 2.05) is 6.07 Å². The number of aromatic nitrogens is 4. The Labute approximate surface area is 200 Å². The normalized spacial score (nSPS) is 11.2. The molecule has 13 nitrogen and oxygen atoms in total. The van der Waals surface area contributed by atoms with Gasteiger partial charge in [-0.25, -0.2) is 9.38 Å². The molecular formula is C23H14N8O5. The van der Waals surface area contributed by atoms with Crippen LogP contribution in [-0.2, 0) is 0 Å². The number of non-ortho nitro benzene ring substituents is 2. The molecule has 0 amide bonds. The van der Waals surface area contributed by atoms with Crippen LogP contribution in [0.25, 0.3) is 22.7 Å². The lowest BCUT2D eigenvalue weighted by Gasteiger charge is -2.04. The zero-order valence-electron chi connectivity index (χ0n) is 18.2. The lowest BCUT2D eigenvalue weighted by molar-refractivity contribution is -0.385. The molecule has 0 bridgehead atoms. The van der Waals surface area contributed by atoms with Gasteiger partial charge < -0.3 is 0 Å². The SMILES string of the molecule is O=c1cc(-c2ccccc2)nc2n(-c3cccc([N+](=O)[O-])c3)nc(N=Nc3cccc([N+](=O)[O-])c3)n12. The van der Waals surface area contributed by atoms with Crippen molar-refractivity contribution in [2.45, 2.75) is 0 Å². The van der Waals surface area contributed by atoms with E-state index in [0.29, 0.717) is 11.3 Å². The number of azo groups is 1. The van der Waals surface area contributed by atoms with E-state index in [4.69, 9.17) is 0 Å². The molecule has 176 valence electrons. The first-order chi connectivity index (χ1) is 17.4. The fraction of sp³-hybridized carbons (Fsp3) is 0. The summed E-state index contributed by atoms with van der Waals surface area (Å²) in [5.74, 6) is -0.116. The molecule has 0 saturated heterocycles. The molecule has 5 rings (SSSR count). The fourth-order valence-electron chi connectivity index (χ4n) is 3.48. The molecule has 3 aromatic carbocycles. The first kappa shape index (κ1) is 22.2. The van der Waals surface area contributed by atoms with E-state index in [1.54, 1.807) is 30.3 Å². The summed E-state index contributed by atoms with van der Waals surface area (Å²) < 4.78 is 2.36. The van der Waals surface area contributed by atoms with Crippen molar-refractivity contribution in [1.82, 2.24) is 19.2 Å². The van der Waals surface area contributed by atoms with Crippen LogP contribution in [0.15, 0.2) is 100.0 Å². The van der Waals surface area contributed by atoms with Crippen LogP contribution in [0.2, 0.25) is 0 Å². The van der Waals surface area contributed by atoms with Gasteiger partial charge in [-0.15, -0.1) is 15.3 Å². The second-order valence-corrected chi connectivity index (χ2v) is 7.45. The highest BCUT2D eigenvalue weighted by atomic mass is 16.6. The summed E-state index contributed by atoms with van der Waals surface area (Å²) in [6, 6.07) is 21.5. The van der Waals surface area contributed by atoms with E-state index in [2.05, 4.69) is 20.3 Å². The van der Waals surface area contributed by atoms with E-state index in [-0.39, 0.29) is 34.5 Å². The van der Waals surface area contributed by atoms with E-state index in [1.165, 1.54) is 53.2 Å². The van der Waals surface area contributed by atoms with Gasteiger partial charge in [-0.3, -0.25) is 25.0 Å². The monoisotopic (exact) mass is 482 g/mol. The number of rotatable bonds is 6. The smallest absolute Gasteiger partial charge is 0.269 e. The number of hydrogen-bond donors (Lipinski definition) is 0. The van der Waals surface area contributed by atoms with E-state index in [0.717, 1.165) is 4.40 Å². The first-order valence-electron chi connectivity index (χ1n) is 10.4. The molecule has 13 heteroatoms. The van der Waals surface area contributed by atoms with Crippen LogP contribution in [-0.4, -0.2) is 29.0 Å². The third-order valence-electron chi connectivity index (χ3n) is 5.13. The maximum absolute atomic E-state index is 13.1.